The van der Waals surface area contributed by atoms with E-state index in [-0.39, 0.29) is 30.8 Å². The zero-order valence-corrected chi connectivity index (χ0v) is 17.9. The molecule has 0 spiro atoms. The molecule has 2 aliphatic rings. The Morgan fingerprint density at radius 2 is 1.90 bits per heavy atom. The van der Waals surface area contributed by atoms with Gasteiger partial charge in [0.25, 0.3) is 12.4 Å². The molecule has 0 bridgehead atoms. The zero-order chi connectivity index (χ0) is 23.0. The summed E-state index contributed by atoms with van der Waals surface area (Å²) >= 11 is 0. The molecule has 1 saturated carbocycles. The number of rotatable bonds is 5. The highest BCUT2D eigenvalue weighted by molar-refractivity contribution is 5.80. The number of alkyl halides is 1. The van der Waals surface area contributed by atoms with Crippen LogP contribution in [0.5, 0.6) is 5.75 Å². The molecule has 0 radical (unpaired) electrons. The third-order valence-electron chi connectivity index (χ3n) is 5.87. The van der Waals surface area contributed by atoms with E-state index in [1.54, 1.807) is 4.90 Å². The summed E-state index contributed by atoms with van der Waals surface area (Å²) in [6, 6.07) is 5.19. The third-order valence-corrected chi connectivity index (χ3v) is 5.87. The topological polar surface area (TPSA) is 116 Å². The molecule has 3 N–H and O–H groups in total. The van der Waals surface area contributed by atoms with E-state index >= 15 is 0 Å². The lowest BCUT2D eigenvalue weighted by Crippen LogP contribution is -2.43. The Labute approximate surface area is 181 Å². The molecule has 31 heavy (non-hydrogen) atoms. The average molecular weight is 438 g/mol. The van der Waals surface area contributed by atoms with Crippen LogP contribution in [0.2, 0.25) is 0 Å². The highest BCUT2D eigenvalue weighted by Crippen LogP contribution is 2.29. The fourth-order valence-electron chi connectivity index (χ4n) is 3.97. The normalized spacial score (nSPS) is 23.5. The van der Waals surface area contributed by atoms with Crippen LogP contribution >= 0.6 is 0 Å². The number of aliphatic hydroxyl groups is 1. The number of amides is 2. The summed E-state index contributed by atoms with van der Waals surface area (Å²) in [6.07, 6.45) is -0.143. The summed E-state index contributed by atoms with van der Waals surface area (Å²) in [5.74, 6) is -0.0477. The minimum absolute atomic E-state index is 0.0469. The summed E-state index contributed by atoms with van der Waals surface area (Å²) < 4.78 is 18.9. The summed E-state index contributed by atoms with van der Waals surface area (Å²) in [5, 5.41) is 19.9. The summed E-state index contributed by atoms with van der Waals surface area (Å²) in [7, 11) is 0. The molecule has 2 fully saturated rings. The zero-order valence-electron chi connectivity index (χ0n) is 17.9. The Bertz CT molecular complexity index is 766. The quantitative estimate of drug-likeness (QED) is 0.602. The van der Waals surface area contributed by atoms with Crippen molar-refractivity contribution in [2.45, 2.75) is 57.8 Å². The first-order chi connectivity index (χ1) is 14.8. The molecule has 3 rings (SSSR count). The monoisotopic (exact) mass is 438 g/mol. The lowest BCUT2D eigenvalue weighted by Gasteiger charge is -2.30. The third kappa shape index (κ3) is 6.92. The molecule has 3 atom stereocenters. The maximum Gasteiger partial charge on any atom is 0.290 e. The fourth-order valence-corrected chi connectivity index (χ4v) is 3.97. The number of nitrogens with zero attached hydrogens (tertiary/aromatic N) is 1. The Hall–Kier alpha value is -2.68. The van der Waals surface area contributed by atoms with Crippen LogP contribution in [0.3, 0.4) is 0 Å². The predicted octanol–water partition coefficient (Wildman–Crippen LogP) is 1.60. The number of nitrogens with one attached hydrogen (secondary N) is 1. The first-order valence-corrected chi connectivity index (χ1v) is 10.4. The maximum atomic E-state index is 13.3. The van der Waals surface area contributed by atoms with Crippen LogP contribution in [0.15, 0.2) is 18.2 Å². The van der Waals surface area contributed by atoms with Gasteiger partial charge in [0, 0.05) is 19.0 Å². The minimum Gasteiger partial charge on any atom is -0.483 e. The number of halogens is 1. The van der Waals surface area contributed by atoms with Crippen molar-refractivity contribution in [3.63, 3.8) is 0 Å². The Morgan fingerprint density at radius 3 is 2.55 bits per heavy atom. The molecule has 1 aliphatic carbocycles. The van der Waals surface area contributed by atoms with E-state index in [0.29, 0.717) is 44.5 Å². The van der Waals surface area contributed by atoms with Crippen molar-refractivity contribution in [2.24, 2.45) is 5.92 Å². The highest BCUT2D eigenvalue weighted by Gasteiger charge is 2.40. The van der Waals surface area contributed by atoms with Crippen molar-refractivity contribution in [1.82, 2.24) is 10.2 Å². The van der Waals surface area contributed by atoms with Crippen LogP contribution in [0.25, 0.3) is 0 Å². The molecular weight excluding hydrogens is 407 g/mol. The van der Waals surface area contributed by atoms with Gasteiger partial charge >= 0.3 is 0 Å². The number of likely N-dealkylation sites (tertiary alicyclic amines) is 1. The molecule has 1 aliphatic heterocycles. The number of carboxylic acid groups (broad SMARTS) is 1. The van der Waals surface area contributed by atoms with Crippen molar-refractivity contribution < 1.29 is 33.7 Å². The predicted molar refractivity (Wildman–Crippen MR) is 111 cm³/mol. The van der Waals surface area contributed by atoms with Crippen LogP contribution in [0.1, 0.15) is 36.8 Å². The number of aryl methyl sites for hydroxylation is 1. The SMILES string of the molecule is Cc1cccc(OCC(=O)N[C@H]2C[C@H](C(=O)N3CCC(F)CC3)C[C@@H]2O)c1C.O=CO. The van der Waals surface area contributed by atoms with E-state index in [9.17, 15) is 19.1 Å². The molecule has 2 amide bonds. The van der Waals surface area contributed by atoms with Gasteiger partial charge in [-0.15, -0.1) is 0 Å². The molecule has 1 aromatic rings. The lowest BCUT2D eigenvalue weighted by molar-refractivity contribution is -0.137. The number of piperidine rings is 1. The van der Waals surface area contributed by atoms with Crippen LogP contribution in [-0.4, -0.2) is 71.4 Å². The molecule has 1 aromatic carbocycles. The molecule has 1 saturated heterocycles. The molecule has 0 aromatic heterocycles. The standard InChI is InChI=1S/C21H29FN2O4.CH2O2/c1-13-4-3-5-19(14(13)2)28-12-20(26)23-17-10-15(11-18(17)25)21(27)24-8-6-16(22)7-9-24;2-1-3/h3-5,15-18,25H,6-12H2,1-2H3,(H,23,26);1H,(H,2,3)/t15-,17-,18-;/m0./s1. The van der Waals surface area contributed by atoms with Crippen molar-refractivity contribution in [3.05, 3.63) is 29.3 Å². The highest BCUT2D eigenvalue weighted by atomic mass is 19.1. The minimum atomic E-state index is -0.831. The van der Waals surface area contributed by atoms with E-state index in [4.69, 9.17) is 14.6 Å². The average Bonchev–Trinajstić information content (AvgIpc) is 3.10. The van der Waals surface area contributed by atoms with Gasteiger partial charge in [-0.05, 0) is 56.7 Å². The van der Waals surface area contributed by atoms with Crippen LogP contribution in [0.4, 0.5) is 4.39 Å². The van der Waals surface area contributed by atoms with Gasteiger partial charge in [-0.25, -0.2) is 4.39 Å². The van der Waals surface area contributed by atoms with Gasteiger partial charge in [0.2, 0.25) is 5.91 Å². The van der Waals surface area contributed by atoms with E-state index in [2.05, 4.69) is 5.32 Å². The number of carbonyl (C=O) groups is 3. The van der Waals surface area contributed by atoms with Gasteiger partial charge in [-0.2, -0.15) is 0 Å². The van der Waals surface area contributed by atoms with E-state index in [1.165, 1.54) is 0 Å². The van der Waals surface area contributed by atoms with E-state index in [1.807, 2.05) is 32.0 Å². The smallest absolute Gasteiger partial charge is 0.290 e. The van der Waals surface area contributed by atoms with Gasteiger partial charge in [-0.3, -0.25) is 14.4 Å². The van der Waals surface area contributed by atoms with Gasteiger partial charge in [0.15, 0.2) is 6.61 Å². The second-order valence-corrected chi connectivity index (χ2v) is 8.00. The maximum absolute atomic E-state index is 13.3. The number of ether oxygens (including phenoxy) is 1. The molecular formula is C22H31FN2O6. The first kappa shape index (κ1) is 24.6. The summed E-state index contributed by atoms with van der Waals surface area (Å²) in [4.78, 5) is 34.9. The molecule has 8 nitrogen and oxygen atoms in total. The number of hydrogen-bond donors (Lipinski definition) is 3. The number of hydrogen-bond acceptors (Lipinski definition) is 5. The second-order valence-electron chi connectivity index (χ2n) is 8.00. The Balaban J connectivity index is 0.00000107. The number of carbonyl (C=O) groups excluding carboxylic acids is 2. The van der Waals surface area contributed by atoms with Crippen molar-refractivity contribution >= 4 is 18.3 Å². The molecule has 172 valence electrons. The second kappa shape index (κ2) is 11.6. The van der Waals surface area contributed by atoms with Crippen molar-refractivity contribution in [1.29, 1.82) is 0 Å². The summed E-state index contributed by atoms with van der Waals surface area (Å²) in [6.45, 7) is 4.37. The van der Waals surface area contributed by atoms with Gasteiger partial charge in [0.1, 0.15) is 11.9 Å². The number of aliphatic hydroxyl groups excluding tert-OH is 1. The summed E-state index contributed by atoms with van der Waals surface area (Å²) in [5.41, 5.74) is 2.07. The number of benzene rings is 1. The van der Waals surface area contributed by atoms with E-state index < -0.39 is 18.3 Å². The van der Waals surface area contributed by atoms with E-state index in [0.717, 1.165) is 11.1 Å². The van der Waals surface area contributed by atoms with Crippen molar-refractivity contribution in [2.75, 3.05) is 19.7 Å². The molecule has 1 heterocycles. The lowest BCUT2D eigenvalue weighted by atomic mass is 10.0. The van der Waals surface area contributed by atoms with Gasteiger partial charge in [-0.1, -0.05) is 12.1 Å². The Morgan fingerprint density at radius 1 is 1.26 bits per heavy atom. The fraction of sp³-hybridized carbons (Fsp3) is 0.591. The van der Waals surface area contributed by atoms with Crippen LogP contribution < -0.4 is 10.1 Å². The molecule has 0 unspecified atom stereocenters. The van der Waals surface area contributed by atoms with Gasteiger partial charge < -0.3 is 25.2 Å². The Kier molecular flexibility index (Phi) is 9.23. The van der Waals surface area contributed by atoms with Gasteiger partial charge in [0.05, 0.1) is 12.1 Å². The van der Waals surface area contributed by atoms with Crippen LogP contribution in [-0.2, 0) is 14.4 Å². The largest absolute Gasteiger partial charge is 0.483 e. The first-order valence-electron chi connectivity index (χ1n) is 10.4. The van der Waals surface area contributed by atoms with Crippen LogP contribution in [0, 0.1) is 19.8 Å². The molecule has 9 heteroatoms. The van der Waals surface area contributed by atoms with Crippen molar-refractivity contribution in [3.8, 4) is 5.75 Å².